The summed E-state index contributed by atoms with van der Waals surface area (Å²) in [4.78, 5) is 10.8. The van der Waals surface area contributed by atoms with Gasteiger partial charge in [-0.1, -0.05) is 24.3 Å². The predicted molar refractivity (Wildman–Crippen MR) is 80.4 cm³/mol. The molecule has 0 saturated heterocycles. The van der Waals surface area contributed by atoms with Gasteiger partial charge in [0.2, 0.25) is 5.67 Å². The molecular formula is C17H16F4O3. The van der Waals surface area contributed by atoms with Gasteiger partial charge in [-0.3, -0.25) is 4.79 Å². The standard InChI is InChI=1S/C17H16F4O3/c1-24-14-5-3-2-4-12(14)13-10-16(18,17(19,20)21)9-8-11(13)6-7-15(22)23/h2-5,8,10H,6-7,9H2,1H3,(H,22,23). The van der Waals surface area contributed by atoms with Crippen LogP contribution in [0.3, 0.4) is 0 Å². The number of aliphatic carboxylic acids is 1. The molecular weight excluding hydrogens is 328 g/mol. The zero-order valence-corrected chi connectivity index (χ0v) is 12.9. The Kier molecular flexibility index (Phi) is 5.01. The van der Waals surface area contributed by atoms with Crippen LogP contribution in [0.4, 0.5) is 17.6 Å². The average molecular weight is 344 g/mol. The topological polar surface area (TPSA) is 46.5 Å². The maximum absolute atomic E-state index is 14.4. The Morgan fingerprint density at radius 3 is 2.58 bits per heavy atom. The monoisotopic (exact) mass is 344 g/mol. The highest BCUT2D eigenvalue weighted by Gasteiger charge is 2.55. The van der Waals surface area contributed by atoms with Crippen molar-refractivity contribution in [2.24, 2.45) is 0 Å². The minimum atomic E-state index is -5.06. The molecule has 1 aliphatic rings. The predicted octanol–water partition coefficient (Wildman–Crippen LogP) is 4.54. The summed E-state index contributed by atoms with van der Waals surface area (Å²) in [6.07, 6.45) is -4.53. The van der Waals surface area contributed by atoms with E-state index >= 15 is 0 Å². The minimum absolute atomic E-state index is 0.00710. The van der Waals surface area contributed by atoms with E-state index in [1.807, 2.05) is 0 Å². The normalized spacial score (nSPS) is 21.0. The van der Waals surface area contributed by atoms with Crippen molar-refractivity contribution < 1.29 is 32.2 Å². The van der Waals surface area contributed by atoms with Crippen LogP contribution in [0.5, 0.6) is 5.75 Å². The van der Waals surface area contributed by atoms with Gasteiger partial charge in [0, 0.05) is 18.4 Å². The van der Waals surface area contributed by atoms with Crippen molar-refractivity contribution in [3.05, 3.63) is 47.6 Å². The molecule has 1 aliphatic carbocycles. The molecule has 7 heteroatoms. The summed E-state index contributed by atoms with van der Waals surface area (Å²) < 4.78 is 58.8. The number of ether oxygens (including phenoxy) is 1. The van der Waals surface area contributed by atoms with E-state index in [4.69, 9.17) is 9.84 Å². The molecule has 0 aromatic heterocycles. The fraction of sp³-hybridized carbons (Fsp3) is 0.353. The minimum Gasteiger partial charge on any atom is -0.496 e. The summed E-state index contributed by atoms with van der Waals surface area (Å²) in [5.41, 5.74) is -2.82. The quantitative estimate of drug-likeness (QED) is 0.798. The van der Waals surface area contributed by atoms with Crippen molar-refractivity contribution in [1.29, 1.82) is 0 Å². The van der Waals surface area contributed by atoms with Gasteiger partial charge in [-0.2, -0.15) is 13.2 Å². The Bertz CT molecular complexity index is 691. The Morgan fingerprint density at radius 2 is 2.00 bits per heavy atom. The van der Waals surface area contributed by atoms with Gasteiger partial charge in [0.15, 0.2) is 0 Å². The van der Waals surface area contributed by atoms with Crippen LogP contribution < -0.4 is 4.74 Å². The molecule has 1 unspecified atom stereocenters. The number of halogens is 4. The fourth-order valence-corrected chi connectivity index (χ4v) is 2.56. The van der Waals surface area contributed by atoms with Gasteiger partial charge in [0.05, 0.1) is 7.11 Å². The first-order valence-corrected chi connectivity index (χ1v) is 7.21. The molecule has 0 bridgehead atoms. The Morgan fingerprint density at radius 1 is 1.33 bits per heavy atom. The summed E-state index contributed by atoms with van der Waals surface area (Å²) in [6.45, 7) is 0. The second-order valence-corrected chi connectivity index (χ2v) is 5.45. The van der Waals surface area contributed by atoms with Crippen LogP contribution in [-0.2, 0) is 4.79 Å². The Labute approximate surface area is 136 Å². The number of benzene rings is 1. The van der Waals surface area contributed by atoms with E-state index in [2.05, 4.69) is 0 Å². The second-order valence-electron chi connectivity index (χ2n) is 5.45. The number of carboxylic acid groups (broad SMARTS) is 1. The summed E-state index contributed by atoms with van der Waals surface area (Å²) in [7, 11) is 1.36. The van der Waals surface area contributed by atoms with Crippen LogP contribution in [0.15, 0.2) is 42.0 Å². The zero-order chi connectivity index (χ0) is 18.0. The van der Waals surface area contributed by atoms with Gasteiger partial charge >= 0.3 is 12.1 Å². The Balaban J connectivity index is 2.52. The van der Waals surface area contributed by atoms with E-state index in [1.165, 1.54) is 13.2 Å². The van der Waals surface area contributed by atoms with Crippen LogP contribution in [0.1, 0.15) is 24.8 Å². The molecule has 2 rings (SSSR count). The number of allylic oxidation sites excluding steroid dienone is 4. The van der Waals surface area contributed by atoms with Gasteiger partial charge in [-0.15, -0.1) is 0 Å². The number of alkyl halides is 4. The van der Waals surface area contributed by atoms with E-state index in [0.717, 1.165) is 6.08 Å². The van der Waals surface area contributed by atoms with Crippen molar-refractivity contribution in [1.82, 2.24) is 0 Å². The fourth-order valence-electron chi connectivity index (χ4n) is 2.56. The number of para-hydroxylation sites is 1. The molecule has 0 saturated carbocycles. The lowest BCUT2D eigenvalue weighted by Gasteiger charge is -2.30. The maximum Gasteiger partial charge on any atom is 0.426 e. The van der Waals surface area contributed by atoms with E-state index in [-0.39, 0.29) is 24.2 Å². The third-order valence-electron chi connectivity index (χ3n) is 3.84. The first-order valence-electron chi connectivity index (χ1n) is 7.21. The summed E-state index contributed by atoms with van der Waals surface area (Å²) in [5, 5.41) is 8.81. The molecule has 1 aromatic carbocycles. The third-order valence-corrected chi connectivity index (χ3v) is 3.84. The molecule has 1 N–H and O–H groups in total. The third kappa shape index (κ3) is 3.60. The van der Waals surface area contributed by atoms with Crippen LogP contribution in [0, 0.1) is 0 Å². The first kappa shape index (κ1) is 18.0. The molecule has 0 heterocycles. The van der Waals surface area contributed by atoms with Crippen molar-refractivity contribution in [2.45, 2.75) is 31.1 Å². The first-order chi connectivity index (χ1) is 11.2. The highest BCUT2D eigenvalue weighted by molar-refractivity contribution is 5.84. The van der Waals surface area contributed by atoms with Crippen LogP contribution in [0.25, 0.3) is 5.57 Å². The summed E-state index contributed by atoms with van der Waals surface area (Å²) >= 11 is 0. The largest absolute Gasteiger partial charge is 0.496 e. The second kappa shape index (κ2) is 6.67. The molecule has 0 fully saturated rings. The number of methoxy groups -OCH3 is 1. The van der Waals surface area contributed by atoms with Gasteiger partial charge in [-0.25, -0.2) is 4.39 Å². The maximum atomic E-state index is 14.4. The van der Waals surface area contributed by atoms with Crippen LogP contribution in [-0.4, -0.2) is 30.0 Å². The van der Waals surface area contributed by atoms with Crippen molar-refractivity contribution in [2.75, 3.05) is 7.11 Å². The lowest BCUT2D eigenvalue weighted by atomic mass is 9.82. The molecule has 24 heavy (non-hydrogen) atoms. The lowest BCUT2D eigenvalue weighted by Crippen LogP contribution is -2.40. The molecule has 3 nitrogen and oxygen atoms in total. The van der Waals surface area contributed by atoms with E-state index < -0.39 is 24.2 Å². The van der Waals surface area contributed by atoms with Crippen molar-refractivity contribution in [3.63, 3.8) is 0 Å². The molecule has 1 aromatic rings. The average Bonchev–Trinajstić information content (AvgIpc) is 2.52. The van der Waals surface area contributed by atoms with Gasteiger partial charge < -0.3 is 9.84 Å². The summed E-state index contributed by atoms with van der Waals surface area (Å²) in [5.74, 6) is -0.792. The van der Waals surface area contributed by atoms with Crippen LogP contribution in [0.2, 0.25) is 0 Å². The Hall–Kier alpha value is -2.31. The number of hydrogen-bond acceptors (Lipinski definition) is 2. The van der Waals surface area contributed by atoms with E-state index in [0.29, 0.717) is 17.2 Å². The highest BCUT2D eigenvalue weighted by atomic mass is 19.4. The van der Waals surface area contributed by atoms with Gasteiger partial charge in [0.1, 0.15) is 5.75 Å². The summed E-state index contributed by atoms with van der Waals surface area (Å²) in [6, 6.07) is 6.29. The molecule has 130 valence electrons. The molecule has 0 aliphatic heterocycles. The smallest absolute Gasteiger partial charge is 0.426 e. The zero-order valence-electron chi connectivity index (χ0n) is 12.9. The molecule has 0 radical (unpaired) electrons. The number of rotatable bonds is 5. The molecule has 1 atom stereocenters. The molecule has 0 spiro atoms. The van der Waals surface area contributed by atoms with Gasteiger partial charge in [0.25, 0.3) is 0 Å². The van der Waals surface area contributed by atoms with Crippen molar-refractivity contribution >= 4 is 11.5 Å². The number of carboxylic acids is 1. The lowest BCUT2D eigenvalue weighted by molar-refractivity contribution is -0.210. The van der Waals surface area contributed by atoms with Gasteiger partial charge in [-0.05, 0) is 29.7 Å². The van der Waals surface area contributed by atoms with Crippen LogP contribution >= 0.6 is 0 Å². The van der Waals surface area contributed by atoms with E-state index in [1.54, 1.807) is 18.2 Å². The highest BCUT2D eigenvalue weighted by Crippen LogP contribution is 2.46. The number of carbonyl (C=O) groups is 1. The molecule has 0 amide bonds. The SMILES string of the molecule is COc1ccccc1C1=CC(F)(C(F)(F)F)CC=C1CCC(=O)O. The van der Waals surface area contributed by atoms with E-state index in [9.17, 15) is 22.4 Å². The number of hydrogen-bond donors (Lipinski definition) is 1. The van der Waals surface area contributed by atoms with Crippen molar-refractivity contribution in [3.8, 4) is 5.75 Å².